The molecule has 3 nitrogen and oxygen atoms in total. The number of primary amides is 1. The lowest BCUT2D eigenvalue weighted by atomic mass is 9.86. The van der Waals surface area contributed by atoms with E-state index in [-0.39, 0.29) is 17.8 Å². The summed E-state index contributed by atoms with van der Waals surface area (Å²) in [6, 6.07) is 6.73. The molecule has 1 saturated heterocycles. The fourth-order valence-corrected chi connectivity index (χ4v) is 2.44. The fourth-order valence-electron chi connectivity index (χ4n) is 2.44. The summed E-state index contributed by atoms with van der Waals surface area (Å²) in [4.78, 5) is 10.9. The number of hydrogen-bond acceptors (Lipinski definition) is 2. The molecular formula is C13H17FN2O. The van der Waals surface area contributed by atoms with E-state index in [4.69, 9.17) is 5.73 Å². The van der Waals surface area contributed by atoms with Crippen molar-refractivity contribution in [1.82, 2.24) is 5.32 Å². The highest BCUT2D eigenvalue weighted by molar-refractivity contribution is 5.74. The lowest BCUT2D eigenvalue weighted by Crippen LogP contribution is -2.33. The van der Waals surface area contributed by atoms with E-state index >= 15 is 0 Å². The summed E-state index contributed by atoms with van der Waals surface area (Å²) in [5.74, 6) is -0.168. The maximum absolute atomic E-state index is 13.1. The van der Waals surface area contributed by atoms with Gasteiger partial charge in [0.15, 0.2) is 0 Å². The average Bonchev–Trinajstić information content (AvgIpc) is 2.28. The maximum atomic E-state index is 13.1. The summed E-state index contributed by atoms with van der Waals surface area (Å²) in [5.41, 5.74) is 6.16. The van der Waals surface area contributed by atoms with Gasteiger partial charge in [0.05, 0.1) is 0 Å². The lowest BCUT2D eigenvalue weighted by Gasteiger charge is -2.30. The van der Waals surface area contributed by atoms with Gasteiger partial charge in [-0.1, -0.05) is 12.1 Å². The minimum atomic E-state index is -0.255. The molecule has 1 fully saturated rings. The number of carbonyl (C=O) groups is 1. The second-order valence-corrected chi connectivity index (χ2v) is 4.62. The van der Waals surface area contributed by atoms with Crippen molar-refractivity contribution in [2.75, 3.05) is 6.54 Å². The van der Waals surface area contributed by atoms with Crippen LogP contribution in [0.4, 0.5) is 4.39 Å². The van der Waals surface area contributed by atoms with Gasteiger partial charge in [0.25, 0.3) is 0 Å². The molecule has 17 heavy (non-hydrogen) atoms. The smallest absolute Gasteiger partial charge is 0.217 e. The third-order valence-electron chi connectivity index (χ3n) is 3.25. The number of nitrogens with two attached hydrogens (primary N) is 1. The lowest BCUT2D eigenvalue weighted by molar-refractivity contribution is -0.119. The number of benzene rings is 1. The molecule has 1 heterocycles. The van der Waals surface area contributed by atoms with Crippen LogP contribution in [0.3, 0.4) is 0 Å². The van der Waals surface area contributed by atoms with Crippen molar-refractivity contribution in [3.63, 3.8) is 0 Å². The molecule has 1 aromatic carbocycles. The quantitative estimate of drug-likeness (QED) is 0.840. The Morgan fingerprint density at radius 2 is 2.35 bits per heavy atom. The Morgan fingerprint density at radius 3 is 3.06 bits per heavy atom. The number of nitrogens with one attached hydrogen (secondary N) is 1. The van der Waals surface area contributed by atoms with E-state index in [1.807, 2.05) is 6.07 Å². The second-order valence-electron chi connectivity index (χ2n) is 4.62. The first kappa shape index (κ1) is 12.0. The van der Waals surface area contributed by atoms with Crippen LogP contribution in [0.25, 0.3) is 0 Å². The Balaban J connectivity index is 2.04. The van der Waals surface area contributed by atoms with Crippen LogP contribution < -0.4 is 11.1 Å². The molecular weight excluding hydrogens is 219 g/mol. The van der Waals surface area contributed by atoms with Crippen LogP contribution in [0.5, 0.6) is 0 Å². The van der Waals surface area contributed by atoms with Crippen molar-refractivity contribution in [3.05, 3.63) is 35.6 Å². The van der Waals surface area contributed by atoms with Crippen molar-refractivity contribution in [1.29, 1.82) is 0 Å². The highest BCUT2D eigenvalue weighted by atomic mass is 19.1. The number of hydrogen-bond donors (Lipinski definition) is 2. The van der Waals surface area contributed by atoms with Gasteiger partial charge in [0.1, 0.15) is 5.82 Å². The Kier molecular flexibility index (Phi) is 3.74. The third kappa shape index (κ3) is 3.27. The topological polar surface area (TPSA) is 55.1 Å². The molecule has 0 radical (unpaired) electrons. The number of piperidine rings is 1. The predicted octanol–water partition coefficient (Wildman–Crippen LogP) is 1.74. The second kappa shape index (κ2) is 5.27. The van der Waals surface area contributed by atoms with Crippen molar-refractivity contribution >= 4 is 5.91 Å². The summed E-state index contributed by atoms with van der Waals surface area (Å²) in [7, 11) is 0. The molecule has 1 aromatic rings. The van der Waals surface area contributed by atoms with Crippen LogP contribution in [-0.2, 0) is 4.79 Å². The van der Waals surface area contributed by atoms with Gasteiger partial charge in [-0.2, -0.15) is 0 Å². The highest BCUT2D eigenvalue weighted by Crippen LogP contribution is 2.29. The zero-order valence-corrected chi connectivity index (χ0v) is 9.66. The van der Waals surface area contributed by atoms with E-state index in [9.17, 15) is 9.18 Å². The molecule has 3 N–H and O–H groups in total. The van der Waals surface area contributed by atoms with E-state index in [1.165, 1.54) is 6.07 Å². The largest absolute Gasteiger partial charge is 0.370 e. The number of halogens is 1. The van der Waals surface area contributed by atoms with Crippen molar-refractivity contribution in [3.8, 4) is 0 Å². The van der Waals surface area contributed by atoms with Crippen LogP contribution in [0.1, 0.15) is 30.9 Å². The van der Waals surface area contributed by atoms with E-state index in [0.29, 0.717) is 12.3 Å². The van der Waals surface area contributed by atoms with Gasteiger partial charge in [-0.25, -0.2) is 4.39 Å². The van der Waals surface area contributed by atoms with Crippen LogP contribution in [0.15, 0.2) is 24.3 Å². The zero-order valence-electron chi connectivity index (χ0n) is 9.66. The van der Waals surface area contributed by atoms with Gasteiger partial charge in [0.2, 0.25) is 5.91 Å². The molecule has 92 valence electrons. The molecule has 0 saturated carbocycles. The SMILES string of the molecule is NC(=O)CC1CCNC(c2cccc(F)c2)C1. The summed E-state index contributed by atoms with van der Waals surface area (Å²) in [5, 5.41) is 3.35. The summed E-state index contributed by atoms with van der Waals surface area (Å²) < 4.78 is 13.1. The monoisotopic (exact) mass is 236 g/mol. The normalized spacial score (nSPS) is 24.5. The standard InChI is InChI=1S/C13H17FN2O/c14-11-3-1-2-10(8-11)12-6-9(4-5-16-12)7-13(15)17/h1-3,8-9,12,16H,4-7H2,(H2,15,17). The summed E-state index contributed by atoms with van der Waals surface area (Å²) in [6.45, 7) is 0.846. The van der Waals surface area contributed by atoms with E-state index in [1.54, 1.807) is 12.1 Å². The van der Waals surface area contributed by atoms with Crippen LogP contribution in [0.2, 0.25) is 0 Å². The summed E-state index contributed by atoms with van der Waals surface area (Å²) in [6.07, 6.45) is 2.22. The van der Waals surface area contributed by atoms with Gasteiger partial charge < -0.3 is 11.1 Å². The van der Waals surface area contributed by atoms with Crippen LogP contribution in [0, 0.1) is 11.7 Å². The Morgan fingerprint density at radius 1 is 1.53 bits per heavy atom. The first-order valence-electron chi connectivity index (χ1n) is 5.92. The molecule has 0 spiro atoms. The number of rotatable bonds is 3. The van der Waals surface area contributed by atoms with Gasteiger partial charge in [-0.15, -0.1) is 0 Å². The molecule has 2 unspecified atom stereocenters. The maximum Gasteiger partial charge on any atom is 0.217 e. The minimum Gasteiger partial charge on any atom is -0.370 e. The van der Waals surface area contributed by atoms with Gasteiger partial charge >= 0.3 is 0 Å². The summed E-state index contributed by atoms with van der Waals surface area (Å²) >= 11 is 0. The predicted molar refractivity (Wildman–Crippen MR) is 63.7 cm³/mol. The molecule has 1 aliphatic rings. The molecule has 2 rings (SSSR count). The molecule has 1 amide bonds. The van der Waals surface area contributed by atoms with Gasteiger partial charge in [-0.3, -0.25) is 4.79 Å². The molecule has 4 heteroatoms. The first-order valence-corrected chi connectivity index (χ1v) is 5.92. The van der Waals surface area contributed by atoms with Crippen molar-refractivity contribution < 1.29 is 9.18 Å². The van der Waals surface area contributed by atoms with E-state index in [2.05, 4.69) is 5.32 Å². The molecule has 1 aliphatic heterocycles. The van der Waals surface area contributed by atoms with Gasteiger partial charge in [0, 0.05) is 12.5 Å². The van der Waals surface area contributed by atoms with E-state index in [0.717, 1.165) is 24.9 Å². The Hall–Kier alpha value is -1.42. The number of amides is 1. The van der Waals surface area contributed by atoms with E-state index < -0.39 is 0 Å². The molecule has 2 atom stereocenters. The zero-order chi connectivity index (χ0) is 12.3. The van der Waals surface area contributed by atoms with Crippen LogP contribution in [-0.4, -0.2) is 12.5 Å². The van der Waals surface area contributed by atoms with Gasteiger partial charge in [-0.05, 0) is 43.0 Å². The fraction of sp³-hybridized carbons (Fsp3) is 0.462. The minimum absolute atomic E-state index is 0.129. The molecule has 0 aromatic heterocycles. The Labute approximate surface area is 100 Å². The Bertz CT molecular complexity index is 408. The van der Waals surface area contributed by atoms with Crippen LogP contribution >= 0.6 is 0 Å². The van der Waals surface area contributed by atoms with Crippen molar-refractivity contribution in [2.45, 2.75) is 25.3 Å². The third-order valence-corrected chi connectivity index (χ3v) is 3.25. The highest BCUT2D eigenvalue weighted by Gasteiger charge is 2.23. The van der Waals surface area contributed by atoms with Crippen molar-refractivity contribution in [2.24, 2.45) is 11.7 Å². The molecule has 0 aliphatic carbocycles. The average molecular weight is 236 g/mol. The molecule has 0 bridgehead atoms. The number of carbonyl (C=O) groups excluding carboxylic acids is 1. The first-order chi connectivity index (χ1) is 8.15.